The molecule has 2 rings (SSSR count). The fraction of sp³-hybridized carbons (Fsp3) is 0.500. The standard InChI is InChI=1S/C14H19BrN2O/c1-10(17-7-6-11(8-16)9-17)14(18)12-2-4-13(15)5-3-12/h2-5,10-11H,6-9,16H2,1H3. The van der Waals surface area contributed by atoms with Crippen LogP contribution in [0.3, 0.4) is 0 Å². The maximum Gasteiger partial charge on any atom is 0.179 e. The van der Waals surface area contributed by atoms with Gasteiger partial charge in [0.25, 0.3) is 0 Å². The molecule has 1 aliphatic heterocycles. The van der Waals surface area contributed by atoms with Crippen LogP contribution in [-0.2, 0) is 0 Å². The second-order valence-corrected chi connectivity index (χ2v) is 5.85. The number of carbonyl (C=O) groups is 1. The Morgan fingerprint density at radius 1 is 1.50 bits per heavy atom. The average Bonchev–Trinajstić information content (AvgIpc) is 2.86. The Morgan fingerprint density at radius 2 is 2.17 bits per heavy atom. The van der Waals surface area contributed by atoms with Gasteiger partial charge in [0.05, 0.1) is 6.04 Å². The van der Waals surface area contributed by atoms with Crippen LogP contribution in [0.5, 0.6) is 0 Å². The molecule has 1 aromatic rings. The quantitative estimate of drug-likeness (QED) is 0.868. The summed E-state index contributed by atoms with van der Waals surface area (Å²) in [7, 11) is 0. The van der Waals surface area contributed by atoms with Gasteiger partial charge in [-0.05, 0) is 44.5 Å². The number of benzene rings is 1. The fourth-order valence-corrected chi connectivity index (χ4v) is 2.69. The molecule has 2 unspecified atom stereocenters. The van der Waals surface area contributed by atoms with E-state index in [1.54, 1.807) is 0 Å². The van der Waals surface area contributed by atoms with Gasteiger partial charge in [-0.15, -0.1) is 0 Å². The van der Waals surface area contributed by atoms with Crippen LogP contribution in [0, 0.1) is 5.92 Å². The smallest absolute Gasteiger partial charge is 0.179 e. The summed E-state index contributed by atoms with van der Waals surface area (Å²) in [4.78, 5) is 14.6. The number of nitrogens with two attached hydrogens (primary N) is 1. The number of hydrogen-bond acceptors (Lipinski definition) is 3. The summed E-state index contributed by atoms with van der Waals surface area (Å²) < 4.78 is 0.996. The lowest BCUT2D eigenvalue weighted by Crippen LogP contribution is -2.37. The lowest BCUT2D eigenvalue weighted by Gasteiger charge is -2.23. The molecule has 0 bridgehead atoms. The van der Waals surface area contributed by atoms with Gasteiger partial charge in [0.2, 0.25) is 0 Å². The van der Waals surface area contributed by atoms with Gasteiger partial charge in [0.15, 0.2) is 5.78 Å². The van der Waals surface area contributed by atoms with E-state index < -0.39 is 0 Å². The Labute approximate surface area is 116 Å². The molecule has 4 heteroatoms. The third-order valence-electron chi connectivity index (χ3n) is 3.71. The van der Waals surface area contributed by atoms with Crippen molar-refractivity contribution in [3.8, 4) is 0 Å². The van der Waals surface area contributed by atoms with Crippen LogP contribution in [0.15, 0.2) is 28.7 Å². The molecule has 1 fully saturated rings. The summed E-state index contributed by atoms with van der Waals surface area (Å²) in [5.41, 5.74) is 6.46. The van der Waals surface area contributed by atoms with Gasteiger partial charge in [-0.2, -0.15) is 0 Å². The van der Waals surface area contributed by atoms with E-state index in [1.807, 2.05) is 31.2 Å². The summed E-state index contributed by atoms with van der Waals surface area (Å²) in [6.45, 7) is 4.63. The molecule has 3 nitrogen and oxygen atoms in total. The molecule has 0 aliphatic carbocycles. The zero-order valence-corrected chi connectivity index (χ0v) is 12.2. The van der Waals surface area contributed by atoms with Crippen LogP contribution in [0.25, 0.3) is 0 Å². The van der Waals surface area contributed by atoms with Gasteiger partial charge in [0, 0.05) is 16.6 Å². The number of Topliss-reactive ketones (excluding diaryl/α,β-unsaturated/α-hetero) is 1. The minimum Gasteiger partial charge on any atom is -0.330 e. The predicted molar refractivity (Wildman–Crippen MR) is 76.7 cm³/mol. The highest BCUT2D eigenvalue weighted by Gasteiger charge is 2.29. The van der Waals surface area contributed by atoms with E-state index in [0.717, 1.165) is 36.1 Å². The van der Waals surface area contributed by atoms with Crippen molar-refractivity contribution in [2.24, 2.45) is 11.7 Å². The molecule has 0 amide bonds. The molecule has 2 atom stereocenters. The van der Waals surface area contributed by atoms with Crippen molar-refractivity contribution in [2.75, 3.05) is 19.6 Å². The van der Waals surface area contributed by atoms with Crippen LogP contribution in [0.1, 0.15) is 23.7 Å². The Balaban J connectivity index is 2.03. The molecule has 1 aliphatic rings. The van der Waals surface area contributed by atoms with E-state index in [2.05, 4.69) is 20.8 Å². The van der Waals surface area contributed by atoms with Crippen molar-refractivity contribution in [1.82, 2.24) is 4.90 Å². The maximum atomic E-state index is 12.3. The first-order valence-electron chi connectivity index (χ1n) is 6.35. The number of rotatable bonds is 4. The second kappa shape index (κ2) is 5.95. The highest BCUT2D eigenvalue weighted by Crippen LogP contribution is 2.20. The van der Waals surface area contributed by atoms with Crippen molar-refractivity contribution in [1.29, 1.82) is 0 Å². The molecule has 98 valence electrons. The third-order valence-corrected chi connectivity index (χ3v) is 4.24. The highest BCUT2D eigenvalue weighted by atomic mass is 79.9. The van der Waals surface area contributed by atoms with Gasteiger partial charge < -0.3 is 5.73 Å². The van der Waals surface area contributed by atoms with Gasteiger partial charge in [-0.25, -0.2) is 0 Å². The number of carbonyl (C=O) groups excluding carboxylic acids is 1. The van der Waals surface area contributed by atoms with E-state index in [9.17, 15) is 4.79 Å². The topological polar surface area (TPSA) is 46.3 Å². The maximum absolute atomic E-state index is 12.3. The van der Waals surface area contributed by atoms with Crippen LogP contribution < -0.4 is 5.73 Å². The monoisotopic (exact) mass is 310 g/mol. The van der Waals surface area contributed by atoms with Gasteiger partial charge in [-0.1, -0.05) is 28.1 Å². The first kappa shape index (κ1) is 13.7. The number of halogens is 1. The summed E-state index contributed by atoms with van der Waals surface area (Å²) in [6.07, 6.45) is 1.11. The van der Waals surface area contributed by atoms with Crippen molar-refractivity contribution in [3.63, 3.8) is 0 Å². The van der Waals surface area contributed by atoms with Crippen LogP contribution in [-0.4, -0.2) is 36.4 Å². The Bertz CT molecular complexity index is 418. The highest BCUT2D eigenvalue weighted by molar-refractivity contribution is 9.10. The summed E-state index contributed by atoms with van der Waals surface area (Å²) in [6, 6.07) is 7.51. The van der Waals surface area contributed by atoms with Crippen LogP contribution >= 0.6 is 15.9 Å². The normalized spacial score (nSPS) is 22.1. The number of hydrogen-bond donors (Lipinski definition) is 1. The van der Waals surface area contributed by atoms with Crippen molar-refractivity contribution in [2.45, 2.75) is 19.4 Å². The average molecular weight is 311 g/mol. The second-order valence-electron chi connectivity index (χ2n) is 4.93. The molecule has 18 heavy (non-hydrogen) atoms. The predicted octanol–water partition coefficient (Wildman–Crippen LogP) is 2.30. The molecule has 0 radical (unpaired) electrons. The Hall–Kier alpha value is -0.710. The van der Waals surface area contributed by atoms with E-state index in [-0.39, 0.29) is 11.8 Å². The molecule has 0 aromatic heterocycles. The molecule has 0 saturated carbocycles. The Kier molecular flexibility index (Phi) is 4.54. The largest absolute Gasteiger partial charge is 0.330 e. The first-order chi connectivity index (χ1) is 8.61. The number of ketones is 1. The van der Waals surface area contributed by atoms with Gasteiger partial charge >= 0.3 is 0 Å². The lowest BCUT2D eigenvalue weighted by atomic mass is 10.0. The van der Waals surface area contributed by atoms with E-state index in [1.165, 1.54) is 0 Å². The molecular formula is C14H19BrN2O. The molecule has 1 saturated heterocycles. The van der Waals surface area contributed by atoms with Crippen LogP contribution in [0.2, 0.25) is 0 Å². The molecule has 2 N–H and O–H groups in total. The van der Waals surface area contributed by atoms with E-state index in [4.69, 9.17) is 5.73 Å². The molecule has 1 aromatic carbocycles. The summed E-state index contributed by atoms with van der Waals surface area (Å²) in [5, 5.41) is 0. The van der Waals surface area contributed by atoms with E-state index in [0.29, 0.717) is 5.92 Å². The first-order valence-corrected chi connectivity index (χ1v) is 7.15. The van der Waals surface area contributed by atoms with E-state index >= 15 is 0 Å². The number of likely N-dealkylation sites (tertiary alicyclic amines) is 1. The number of nitrogens with zero attached hydrogens (tertiary/aromatic N) is 1. The molecule has 1 heterocycles. The fourth-order valence-electron chi connectivity index (χ4n) is 2.43. The zero-order valence-electron chi connectivity index (χ0n) is 10.6. The van der Waals surface area contributed by atoms with Crippen molar-refractivity contribution >= 4 is 21.7 Å². The van der Waals surface area contributed by atoms with Crippen molar-refractivity contribution < 1.29 is 4.79 Å². The van der Waals surface area contributed by atoms with Gasteiger partial charge in [0.1, 0.15) is 0 Å². The Morgan fingerprint density at radius 3 is 2.72 bits per heavy atom. The van der Waals surface area contributed by atoms with Gasteiger partial charge in [-0.3, -0.25) is 9.69 Å². The SMILES string of the molecule is CC(C(=O)c1ccc(Br)cc1)N1CCC(CN)C1. The summed E-state index contributed by atoms with van der Waals surface area (Å²) in [5.74, 6) is 0.741. The zero-order chi connectivity index (χ0) is 13.1. The minimum absolute atomic E-state index is 0.0530. The van der Waals surface area contributed by atoms with Crippen LogP contribution in [0.4, 0.5) is 0 Å². The summed E-state index contributed by atoms with van der Waals surface area (Å²) >= 11 is 3.38. The lowest BCUT2D eigenvalue weighted by molar-refractivity contribution is 0.0863. The molecular weight excluding hydrogens is 292 g/mol. The molecule has 0 spiro atoms. The minimum atomic E-state index is -0.0530. The van der Waals surface area contributed by atoms with Crippen molar-refractivity contribution in [3.05, 3.63) is 34.3 Å². The third kappa shape index (κ3) is 2.99.